The van der Waals surface area contributed by atoms with Crippen molar-refractivity contribution in [1.29, 1.82) is 0 Å². The van der Waals surface area contributed by atoms with Crippen molar-refractivity contribution >= 4 is 23.2 Å². The number of hydrogen-bond donors (Lipinski definition) is 1. The molecule has 0 aliphatic heterocycles. The molecule has 0 saturated heterocycles. The molecule has 36 heavy (non-hydrogen) atoms. The molecule has 0 aliphatic carbocycles. The van der Waals surface area contributed by atoms with Gasteiger partial charge in [-0.3, -0.25) is 14.2 Å². The van der Waals surface area contributed by atoms with E-state index in [0.717, 1.165) is 28.3 Å². The van der Waals surface area contributed by atoms with Crippen LogP contribution in [0, 0.1) is 13.8 Å². The Hall–Kier alpha value is -3.78. The molecule has 0 aliphatic rings. The SMILES string of the molecule is CCOc1ccc(Cn2cc(NC(=O)c3ccc(Cn4nc(C)c(Cl)c4C)cc3)cn2)cc1OCC. The Bertz CT molecular complexity index is 1340. The number of hydrogen-bond acceptors (Lipinski definition) is 5. The molecule has 188 valence electrons. The number of aryl methyl sites for hydroxylation is 1. The molecule has 0 radical (unpaired) electrons. The number of halogens is 1. The summed E-state index contributed by atoms with van der Waals surface area (Å²) in [6.45, 7) is 9.96. The smallest absolute Gasteiger partial charge is 0.255 e. The summed E-state index contributed by atoms with van der Waals surface area (Å²) >= 11 is 6.24. The lowest BCUT2D eigenvalue weighted by molar-refractivity contribution is 0.102. The second kappa shape index (κ2) is 11.3. The number of nitrogens with one attached hydrogen (secondary N) is 1. The largest absolute Gasteiger partial charge is 0.490 e. The molecule has 8 nitrogen and oxygen atoms in total. The zero-order valence-corrected chi connectivity index (χ0v) is 21.7. The summed E-state index contributed by atoms with van der Waals surface area (Å²) in [5.41, 5.74) is 4.96. The Balaban J connectivity index is 1.38. The maximum absolute atomic E-state index is 12.8. The summed E-state index contributed by atoms with van der Waals surface area (Å²) in [6.07, 6.45) is 3.44. The van der Waals surface area contributed by atoms with Crippen molar-refractivity contribution in [3.63, 3.8) is 0 Å². The van der Waals surface area contributed by atoms with Crippen LogP contribution in [0.25, 0.3) is 0 Å². The fourth-order valence-corrected chi connectivity index (χ4v) is 4.00. The number of benzene rings is 2. The van der Waals surface area contributed by atoms with E-state index in [-0.39, 0.29) is 5.91 Å². The van der Waals surface area contributed by atoms with E-state index < -0.39 is 0 Å². The molecule has 0 bridgehead atoms. The summed E-state index contributed by atoms with van der Waals surface area (Å²) in [6, 6.07) is 13.3. The quantitative estimate of drug-likeness (QED) is 0.306. The number of ether oxygens (including phenoxy) is 2. The van der Waals surface area contributed by atoms with Gasteiger partial charge in [-0.15, -0.1) is 0 Å². The lowest BCUT2D eigenvalue weighted by Gasteiger charge is -2.12. The van der Waals surface area contributed by atoms with Crippen molar-refractivity contribution in [2.24, 2.45) is 0 Å². The Morgan fingerprint density at radius 1 is 0.972 bits per heavy atom. The predicted molar refractivity (Wildman–Crippen MR) is 140 cm³/mol. The fourth-order valence-electron chi connectivity index (χ4n) is 3.86. The highest BCUT2D eigenvalue weighted by molar-refractivity contribution is 6.31. The number of nitrogens with zero attached hydrogens (tertiary/aromatic N) is 4. The maximum atomic E-state index is 12.8. The van der Waals surface area contributed by atoms with Crippen molar-refractivity contribution in [1.82, 2.24) is 19.6 Å². The van der Waals surface area contributed by atoms with Crippen molar-refractivity contribution < 1.29 is 14.3 Å². The van der Waals surface area contributed by atoms with Crippen molar-refractivity contribution in [3.8, 4) is 11.5 Å². The maximum Gasteiger partial charge on any atom is 0.255 e. The normalized spacial score (nSPS) is 10.9. The molecule has 0 atom stereocenters. The number of carbonyl (C=O) groups is 1. The Labute approximate surface area is 215 Å². The number of carbonyl (C=O) groups excluding carboxylic acids is 1. The summed E-state index contributed by atoms with van der Waals surface area (Å²) in [7, 11) is 0. The number of anilines is 1. The van der Waals surface area contributed by atoms with E-state index in [1.165, 1.54) is 0 Å². The van der Waals surface area contributed by atoms with Crippen LogP contribution in [-0.4, -0.2) is 38.7 Å². The monoisotopic (exact) mass is 507 g/mol. The molecule has 4 aromatic rings. The first-order valence-electron chi connectivity index (χ1n) is 11.9. The van der Waals surface area contributed by atoms with Gasteiger partial charge in [0.05, 0.1) is 54.6 Å². The molecule has 0 fully saturated rings. The van der Waals surface area contributed by atoms with Gasteiger partial charge < -0.3 is 14.8 Å². The van der Waals surface area contributed by atoms with Gasteiger partial charge in [0.25, 0.3) is 5.91 Å². The van der Waals surface area contributed by atoms with Crippen LogP contribution in [0.1, 0.15) is 46.7 Å². The van der Waals surface area contributed by atoms with Gasteiger partial charge in [-0.1, -0.05) is 29.8 Å². The standard InChI is InChI=1S/C27H30ClN5O3/c1-5-35-24-12-9-21(13-25(24)36-6-2)15-32-17-23(14-29-32)30-27(34)22-10-7-20(8-11-22)16-33-19(4)26(28)18(3)31-33/h7-14,17H,5-6,15-16H2,1-4H3,(H,30,34). The summed E-state index contributed by atoms with van der Waals surface area (Å²) in [5.74, 6) is 1.23. The minimum atomic E-state index is -0.199. The first-order valence-corrected chi connectivity index (χ1v) is 12.3. The molecule has 1 amide bonds. The highest BCUT2D eigenvalue weighted by atomic mass is 35.5. The molecule has 2 heterocycles. The van der Waals surface area contributed by atoms with Crippen molar-refractivity contribution in [2.45, 2.75) is 40.8 Å². The van der Waals surface area contributed by atoms with Gasteiger partial charge in [0, 0.05) is 11.8 Å². The van der Waals surface area contributed by atoms with Crippen LogP contribution in [-0.2, 0) is 13.1 Å². The van der Waals surface area contributed by atoms with E-state index in [4.69, 9.17) is 21.1 Å². The van der Waals surface area contributed by atoms with Gasteiger partial charge in [0.2, 0.25) is 0 Å². The molecule has 9 heteroatoms. The third kappa shape index (κ3) is 5.88. The van der Waals surface area contributed by atoms with E-state index in [2.05, 4.69) is 15.5 Å². The van der Waals surface area contributed by atoms with Gasteiger partial charge in [0.15, 0.2) is 11.5 Å². The average Bonchev–Trinajstić information content (AvgIpc) is 3.40. The van der Waals surface area contributed by atoms with E-state index in [9.17, 15) is 4.79 Å². The van der Waals surface area contributed by atoms with Gasteiger partial charge in [-0.05, 0) is 63.1 Å². The lowest BCUT2D eigenvalue weighted by atomic mass is 10.1. The highest BCUT2D eigenvalue weighted by Gasteiger charge is 2.12. The van der Waals surface area contributed by atoms with Crippen LogP contribution in [0.2, 0.25) is 5.02 Å². The van der Waals surface area contributed by atoms with Crippen LogP contribution in [0.15, 0.2) is 54.9 Å². The average molecular weight is 508 g/mol. The Kier molecular flexibility index (Phi) is 7.95. The van der Waals surface area contributed by atoms with Crippen LogP contribution in [0.4, 0.5) is 5.69 Å². The molecule has 1 N–H and O–H groups in total. The number of rotatable bonds is 10. The van der Waals surface area contributed by atoms with Gasteiger partial charge >= 0.3 is 0 Å². The summed E-state index contributed by atoms with van der Waals surface area (Å²) in [5, 5.41) is 12.4. The third-order valence-corrected chi connectivity index (χ3v) is 6.23. The van der Waals surface area contributed by atoms with Crippen LogP contribution < -0.4 is 14.8 Å². The first-order chi connectivity index (χ1) is 17.4. The van der Waals surface area contributed by atoms with Gasteiger partial charge in [-0.2, -0.15) is 10.2 Å². The van der Waals surface area contributed by atoms with E-state index in [1.54, 1.807) is 29.2 Å². The van der Waals surface area contributed by atoms with Gasteiger partial charge in [-0.25, -0.2) is 0 Å². The minimum Gasteiger partial charge on any atom is -0.490 e. The van der Waals surface area contributed by atoms with Crippen LogP contribution >= 0.6 is 11.6 Å². The molecule has 4 rings (SSSR count). The minimum absolute atomic E-state index is 0.199. The Morgan fingerprint density at radius 3 is 2.33 bits per heavy atom. The summed E-state index contributed by atoms with van der Waals surface area (Å²) < 4.78 is 15.0. The van der Waals surface area contributed by atoms with Crippen LogP contribution in [0.5, 0.6) is 11.5 Å². The molecule has 0 saturated carbocycles. The van der Waals surface area contributed by atoms with Crippen LogP contribution in [0.3, 0.4) is 0 Å². The third-order valence-electron chi connectivity index (χ3n) is 5.69. The second-order valence-electron chi connectivity index (χ2n) is 8.37. The molecule has 2 aromatic heterocycles. The topological polar surface area (TPSA) is 83.2 Å². The first kappa shape index (κ1) is 25.3. The molecule has 2 aromatic carbocycles. The number of aromatic nitrogens is 4. The van der Waals surface area contributed by atoms with Gasteiger partial charge in [0.1, 0.15) is 0 Å². The fraction of sp³-hybridized carbons (Fsp3) is 0.296. The van der Waals surface area contributed by atoms with E-state index >= 15 is 0 Å². The highest BCUT2D eigenvalue weighted by Crippen LogP contribution is 2.29. The zero-order chi connectivity index (χ0) is 25.7. The molecular formula is C27H30ClN5O3. The number of amides is 1. The second-order valence-corrected chi connectivity index (χ2v) is 8.75. The van der Waals surface area contributed by atoms with Crippen molar-refractivity contribution in [3.05, 3.63) is 88.0 Å². The molecular weight excluding hydrogens is 478 g/mol. The zero-order valence-electron chi connectivity index (χ0n) is 20.9. The molecule has 0 spiro atoms. The van der Waals surface area contributed by atoms with E-state index in [0.29, 0.717) is 48.3 Å². The molecule has 0 unspecified atom stereocenters. The predicted octanol–water partition coefficient (Wildman–Crippen LogP) is 5.50. The lowest BCUT2D eigenvalue weighted by Crippen LogP contribution is -2.12. The summed E-state index contributed by atoms with van der Waals surface area (Å²) in [4.78, 5) is 12.8. The van der Waals surface area contributed by atoms with E-state index in [1.807, 2.05) is 62.7 Å². The van der Waals surface area contributed by atoms with Crippen molar-refractivity contribution in [2.75, 3.05) is 18.5 Å². The Morgan fingerprint density at radius 2 is 1.67 bits per heavy atom.